The maximum atomic E-state index is 12.5. The lowest BCUT2D eigenvalue weighted by Gasteiger charge is -2.32. The van der Waals surface area contributed by atoms with Crippen molar-refractivity contribution < 1.29 is 9.21 Å². The molecule has 7 nitrogen and oxygen atoms in total. The smallest absolute Gasteiger partial charge is 0.257 e. The molecule has 0 atom stereocenters. The van der Waals surface area contributed by atoms with E-state index in [4.69, 9.17) is 10.2 Å². The standard InChI is InChI=1S/C18H23N5O2/c19-15-8-14(9-15)16-10-17(21-12-20-16)22-3-1-4-23(6-5-22)18(24)13-2-7-25-11-13/h2,7,10-12,14-15H,1,3-6,8-9,19H2. The normalized spacial score (nSPS) is 23.9. The Morgan fingerprint density at radius 1 is 1.20 bits per heavy atom. The van der Waals surface area contributed by atoms with Crippen molar-refractivity contribution in [3.05, 3.63) is 42.2 Å². The van der Waals surface area contributed by atoms with Crippen molar-refractivity contribution in [2.24, 2.45) is 5.73 Å². The van der Waals surface area contributed by atoms with Crippen LogP contribution in [0.1, 0.15) is 41.2 Å². The number of amides is 1. The number of hydrogen-bond acceptors (Lipinski definition) is 6. The predicted octanol–water partition coefficient (Wildman–Crippen LogP) is 1.63. The molecule has 1 saturated heterocycles. The lowest BCUT2D eigenvalue weighted by Crippen LogP contribution is -2.36. The number of aromatic nitrogens is 2. The minimum atomic E-state index is 0.0300. The van der Waals surface area contributed by atoms with Crippen molar-refractivity contribution >= 4 is 11.7 Å². The zero-order chi connectivity index (χ0) is 17.2. The van der Waals surface area contributed by atoms with Crippen LogP contribution in [0.4, 0.5) is 5.82 Å². The van der Waals surface area contributed by atoms with Gasteiger partial charge >= 0.3 is 0 Å². The first-order valence-corrected chi connectivity index (χ1v) is 8.84. The highest BCUT2D eigenvalue weighted by Crippen LogP contribution is 2.35. The summed E-state index contributed by atoms with van der Waals surface area (Å²) in [5.41, 5.74) is 7.59. The molecule has 1 aliphatic heterocycles. The van der Waals surface area contributed by atoms with E-state index in [9.17, 15) is 4.79 Å². The van der Waals surface area contributed by atoms with Gasteiger partial charge in [0.05, 0.1) is 11.8 Å². The van der Waals surface area contributed by atoms with Gasteiger partial charge in [0.15, 0.2) is 0 Å². The zero-order valence-corrected chi connectivity index (χ0v) is 14.2. The predicted molar refractivity (Wildman–Crippen MR) is 93.4 cm³/mol. The molecule has 2 aromatic heterocycles. The van der Waals surface area contributed by atoms with E-state index in [0.29, 0.717) is 24.1 Å². The Kier molecular flexibility index (Phi) is 4.40. The minimum Gasteiger partial charge on any atom is -0.472 e. The highest BCUT2D eigenvalue weighted by molar-refractivity contribution is 5.93. The number of nitrogens with two attached hydrogens (primary N) is 1. The monoisotopic (exact) mass is 341 g/mol. The summed E-state index contributed by atoms with van der Waals surface area (Å²) in [5, 5.41) is 0. The second-order valence-corrected chi connectivity index (χ2v) is 6.87. The summed E-state index contributed by atoms with van der Waals surface area (Å²) in [6.45, 7) is 3.08. The molecule has 132 valence electrons. The fourth-order valence-corrected chi connectivity index (χ4v) is 3.58. The van der Waals surface area contributed by atoms with E-state index in [1.54, 1.807) is 12.4 Å². The summed E-state index contributed by atoms with van der Waals surface area (Å²) in [4.78, 5) is 25.5. The number of hydrogen-bond donors (Lipinski definition) is 1. The number of nitrogens with zero attached hydrogens (tertiary/aromatic N) is 4. The van der Waals surface area contributed by atoms with Crippen molar-refractivity contribution in [3.8, 4) is 0 Å². The highest BCUT2D eigenvalue weighted by Gasteiger charge is 2.29. The summed E-state index contributed by atoms with van der Waals surface area (Å²) >= 11 is 0. The van der Waals surface area contributed by atoms with Crippen LogP contribution in [0, 0.1) is 0 Å². The van der Waals surface area contributed by atoms with Gasteiger partial charge in [-0.2, -0.15) is 0 Å². The molecule has 0 spiro atoms. The van der Waals surface area contributed by atoms with Crippen LogP contribution < -0.4 is 10.6 Å². The van der Waals surface area contributed by atoms with E-state index < -0.39 is 0 Å². The van der Waals surface area contributed by atoms with Crippen LogP contribution in [-0.4, -0.2) is 53.0 Å². The minimum absolute atomic E-state index is 0.0300. The number of carbonyl (C=O) groups is 1. The second kappa shape index (κ2) is 6.84. The lowest BCUT2D eigenvalue weighted by atomic mass is 9.78. The van der Waals surface area contributed by atoms with E-state index in [1.807, 2.05) is 4.90 Å². The topological polar surface area (TPSA) is 88.5 Å². The SMILES string of the molecule is NC1CC(c2cc(N3CCCN(C(=O)c4ccoc4)CC3)ncn2)C1. The van der Waals surface area contributed by atoms with Crippen LogP contribution in [0.2, 0.25) is 0 Å². The van der Waals surface area contributed by atoms with Gasteiger partial charge in [-0.25, -0.2) is 9.97 Å². The van der Waals surface area contributed by atoms with Crippen molar-refractivity contribution in [2.45, 2.75) is 31.2 Å². The molecule has 1 amide bonds. The number of carbonyl (C=O) groups excluding carboxylic acids is 1. The van der Waals surface area contributed by atoms with E-state index in [2.05, 4.69) is 20.9 Å². The summed E-state index contributed by atoms with van der Waals surface area (Å²) in [5.74, 6) is 1.44. The first kappa shape index (κ1) is 16.1. The molecule has 25 heavy (non-hydrogen) atoms. The molecule has 2 aliphatic rings. The van der Waals surface area contributed by atoms with E-state index in [0.717, 1.165) is 50.4 Å². The zero-order valence-electron chi connectivity index (χ0n) is 14.2. The third kappa shape index (κ3) is 3.37. The van der Waals surface area contributed by atoms with Crippen LogP contribution in [0.15, 0.2) is 35.4 Å². The molecule has 2 fully saturated rings. The van der Waals surface area contributed by atoms with E-state index >= 15 is 0 Å². The number of anilines is 1. The fourth-order valence-electron chi connectivity index (χ4n) is 3.58. The second-order valence-electron chi connectivity index (χ2n) is 6.87. The summed E-state index contributed by atoms with van der Waals surface area (Å²) in [6.07, 6.45) is 7.61. The van der Waals surface area contributed by atoms with Gasteiger partial charge < -0.3 is 20.0 Å². The lowest BCUT2D eigenvalue weighted by molar-refractivity contribution is 0.0766. The molecular formula is C18H23N5O2. The molecule has 3 heterocycles. The van der Waals surface area contributed by atoms with Gasteiger partial charge in [0, 0.05) is 49.9 Å². The van der Waals surface area contributed by atoms with E-state index in [-0.39, 0.29) is 5.91 Å². The van der Waals surface area contributed by atoms with E-state index in [1.165, 1.54) is 12.5 Å². The molecular weight excluding hydrogens is 318 g/mol. The van der Waals surface area contributed by atoms with Crippen molar-refractivity contribution in [3.63, 3.8) is 0 Å². The third-order valence-electron chi connectivity index (χ3n) is 5.14. The molecule has 0 bridgehead atoms. The summed E-state index contributed by atoms with van der Waals surface area (Å²) in [7, 11) is 0. The number of rotatable bonds is 3. The van der Waals surface area contributed by atoms with Crippen LogP contribution >= 0.6 is 0 Å². The maximum Gasteiger partial charge on any atom is 0.257 e. The van der Waals surface area contributed by atoms with Crippen molar-refractivity contribution in [1.29, 1.82) is 0 Å². The fraction of sp³-hybridized carbons (Fsp3) is 0.500. The Bertz CT molecular complexity index is 727. The highest BCUT2D eigenvalue weighted by atomic mass is 16.3. The molecule has 4 rings (SSSR count). The van der Waals surface area contributed by atoms with Gasteiger partial charge in [-0.15, -0.1) is 0 Å². The van der Waals surface area contributed by atoms with Crippen LogP contribution in [0.5, 0.6) is 0 Å². The van der Waals surface area contributed by atoms with Gasteiger partial charge in [-0.05, 0) is 25.3 Å². The van der Waals surface area contributed by atoms with Crippen LogP contribution in [0.25, 0.3) is 0 Å². The number of furan rings is 1. The Morgan fingerprint density at radius 3 is 2.84 bits per heavy atom. The largest absolute Gasteiger partial charge is 0.472 e. The van der Waals surface area contributed by atoms with Gasteiger partial charge in [-0.3, -0.25) is 4.79 Å². The average Bonchev–Trinajstić information content (AvgIpc) is 3.03. The average molecular weight is 341 g/mol. The molecule has 0 aromatic carbocycles. The molecule has 1 aliphatic carbocycles. The van der Waals surface area contributed by atoms with Gasteiger partial charge in [0.25, 0.3) is 5.91 Å². The summed E-state index contributed by atoms with van der Waals surface area (Å²) < 4.78 is 5.02. The van der Waals surface area contributed by atoms with Gasteiger partial charge in [0.1, 0.15) is 18.4 Å². The summed E-state index contributed by atoms with van der Waals surface area (Å²) in [6, 6.07) is 4.11. The van der Waals surface area contributed by atoms with Gasteiger partial charge in [-0.1, -0.05) is 0 Å². The molecule has 1 saturated carbocycles. The Hall–Kier alpha value is -2.41. The molecule has 7 heteroatoms. The molecule has 0 radical (unpaired) electrons. The van der Waals surface area contributed by atoms with Crippen molar-refractivity contribution in [1.82, 2.24) is 14.9 Å². The quantitative estimate of drug-likeness (QED) is 0.913. The molecule has 2 N–H and O–H groups in total. The first-order valence-electron chi connectivity index (χ1n) is 8.84. The Balaban J connectivity index is 1.42. The Morgan fingerprint density at radius 2 is 2.08 bits per heavy atom. The van der Waals surface area contributed by atoms with Crippen LogP contribution in [0.3, 0.4) is 0 Å². The van der Waals surface area contributed by atoms with Crippen LogP contribution in [-0.2, 0) is 0 Å². The van der Waals surface area contributed by atoms with Gasteiger partial charge in [0.2, 0.25) is 0 Å². The maximum absolute atomic E-state index is 12.5. The third-order valence-corrected chi connectivity index (χ3v) is 5.14. The Labute approximate surface area is 146 Å². The first-order chi connectivity index (χ1) is 12.2. The van der Waals surface area contributed by atoms with Crippen molar-refractivity contribution in [2.75, 3.05) is 31.1 Å². The molecule has 0 unspecified atom stereocenters. The molecule has 2 aromatic rings.